The quantitative estimate of drug-likeness (QED) is 0.822. The number of carbonyl (C=O) groups is 1. The van der Waals surface area contributed by atoms with E-state index in [9.17, 15) is 17.6 Å². The summed E-state index contributed by atoms with van der Waals surface area (Å²) in [5.41, 5.74) is 1.32. The van der Waals surface area contributed by atoms with Gasteiger partial charge in [0.05, 0.1) is 11.4 Å². The molecule has 130 valence electrons. The van der Waals surface area contributed by atoms with Gasteiger partial charge in [0.25, 0.3) is 0 Å². The van der Waals surface area contributed by atoms with Gasteiger partial charge in [-0.05, 0) is 38.1 Å². The number of sulfonamides is 1. The Morgan fingerprint density at radius 1 is 1.29 bits per heavy atom. The SMILES string of the molecule is CC(=O)N(CCNS(=O)(=O)c1c(C)n[nH]c1C)c1ccc(F)cc1. The number of H-pyrrole nitrogens is 1. The highest BCUT2D eigenvalue weighted by atomic mass is 32.2. The highest BCUT2D eigenvalue weighted by Gasteiger charge is 2.22. The molecule has 9 heteroatoms. The lowest BCUT2D eigenvalue weighted by molar-refractivity contribution is -0.116. The molecule has 1 aromatic heterocycles. The standard InChI is InChI=1S/C15H19FN4O3S/c1-10-15(11(2)19-18-10)24(22,23)17-8-9-20(12(3)21)14-6-4-13(16)5-7-14/h4-7,17H,8-9H2,1-3H3,(H,18,19). The van der Waals surface area contributed by atoms with Crippen molar-refractivity contribution in [1.82, 2.24) is 14.9 Å². The molecule has 0 aliphatic rings. The zero-order valence-electron chi connectivity index (χ0n) is 13.6. The lowest BCUT2D eigenvalue weighted by atomic mass is 10.2. The summed E-state index contributed by atoms with van der Waals surface area (Å²) in [6, 6.07) is 5.42. The Labute approximate surface area is 139 Å². The van der Waals surface area contributed by atoms with Gasteiger partial charge >= 0.3 is 0 Å². The average Bonchev–Trinajstić information content (AvgIpc) is 2.84. The third-order valence-corrected chi connectivity index (χ3v) is 5.20. The largest absolute Gasteiger partial charge is 0.311 e. The number of aromatic nitrogens is 2. The summed E-state index contributed by atoms with van der Waals surface area (Å²) < 4.78 is 40.1. The number of halogens is 1. The number of nitrogens with one attached hydrogen (secondary N) is 2. The number of nitrogens with zero attached hydrogens (tertiary/aromatic N) is 2. The van der Waals surface area contributed by atoms with E-state index in [0.29, 0.717) is 17.1 Å². The van der Waals surface area contributed by atoms with Crippen LogP contribution in [0.2, 0.25) is 0 Å². The van der Waals surface area contributed by atoms with Crippen molar-refractivity contribution >= 4 is 21.6 Å². The summed E-state index contributed by atoms with van der Waals surface area (Å²) in [7, 11) is -3.73. The molecule has 2 rings (SSSR count). The van der Waals surface area contributed by atoms with Crippen LogP contribution in [0.4, 0.5) is 10.1 Å². The lowest BCUT2D eigenvalue weighted by Gasteiger charge is -2.21. The fraction of sp³-hybridized carbons (Fsp3) is 0.333. The van der Waals surface area contributed by atoms with Crippen molar-refractivity contribution in [3.8, 4) is 0 Å². The van der Waals surface area contributed by atoms with Crippen molar-refractivity contribution in [3.63, 3.8) is 0 Å². The monoisotopic (exact) mass is 354 g/mol. The Morgan fingerprint density at radius 3 is 2.42 bits per heavy atom. The number of benzene rings is 1. The Morgan fingerprint density at radius 2 is 1.92 bits per heavy atom. The fourth-order valence-electron chi connectivity index (χ4n) is 2.39. The van der Waals surface area contributed by atoms with Crippen LogP contribution >= 0.6 is 0 Å². The predicted molar refractivity (Wildman–Crippen MR) is 87.7 cm³/mol. The summed E-state index contributed by atoms with van der Waals surface area (Å²) >= 11 is 0. The summed E-state index contributed by atoms with van der Waals surface area (Å²) in [6.07, 6.45) is 0. The lowest BCUT2D eigenvalue weighted by Crippen LogP contribution is -2.37. The van der Waals surface area contributed by atoms with Gasteiger partial charge in [0, 0.05) is 25.7 Å². The van der Waals surface area contributed by atoms with E-state index in [1.54, 1.807) is 13.8 Å². The number of rotatable bonds is 6. The molecule has 0 atom stereocenters. The molecule has 0 spiro atoms. The molecule has 0 saturated heterocycles. The predicted octanol–water partition coefficient (Wildman–Crippen LogP) is 1.50. The summed E-state index contributed by atoms with van der Waals surface area (Å²) in [6.45, 7) is 4.72. The van der Waals surface area contributed by atoms with E-state index in [-0.39, 0.29) is 23.9 Å². The second-order valence-electron chi connectivity index (χ2n) is 5.31. The van der Waals surface area contributed by atoms with Crippen LogP contribution in [0.15, 0.2) is 29.2 Å². The summed E-state index contributed by atoms with van der Waals surface area (Å²) in [5.74, 6) is -0.676. The van der Waals surface area contributed by atoms with Crippen molar-refractivity contribution in [1.29, 1.82) is 0 Å². The van der Waals surface area contributed by atoms with Crippen LogP contribution in [0.3, 0.4) is 0 Å². The maximum Gasteiger partial charge on any atom is 0.244 e. The van der Waals surface area contributed by atoms with Crippen LogP contribution in [0.1, 0.15) is 18.3 Å². The smallest absolute Gasteiger partial charge is 0.244 e. The van der Waals surface area contributed by atoms with Crippen molar-refractivity contribution in [2.75, 3.05) is 18.0 Å². The van der Waals surface area contributed by atoms with Crippen molar-refractivity contribution < 1.29 is 17.6 Å². The van der Waals surface area contributed by atoms with Gasteiger partial charge in [0.2, 0.25) is 15.9 Å². The second-order valence-corrected chi connectivity index (χ2v) is 7.01. The minimum atomic E-state index is -3.73. The van der Waals surface area contributed by atoms with Gasteiger partial charge in [0.1, 0.15) is 10.7 Å². The highest BCUT2D eigenvalue weighted by Crippen LogP contribution is 2.17. The molecular formula is C15H19FN4O3S. The first-order valence-electron chi connectivity index (χ1n) is 7.27. The Kier molecular flexibility index (Phi) is 5.35. The highest BCUT2D eigenvalue weighted by molar-refractivity contribution is 7.89. The minimum absolute atomic E-state index is 0.0172. The van der Waals surface area contributed by atoms with Gasteiger partial charge in [-0.3, -0.25) is 9.89 Å². The van der Waals surface area contributed by atoms with E-state index in [2.05, 4.69) is 14.9 Å². The molecule has 0 saturated carbocycles. The normalized spacial score (nSPS) is 11.5. The van der Waals surface area contributed by atoms with Crippen LogP contribution in [0, 0.1) is 19.7 Å². The number of hydrogen-bond donors (Lipinski definition) is 2. The molecule has 0 unspecified atom stereocenters. The van der Waals surface area contributed by atoms with Gasteiger partial charge in [-0.1, -0.05) is 0 Å². The number of hydrogen-bond acceptors (Lipinski definition) is 4. The molecule has 7 nitrogen and oxygen atoms in total. The maximum atomic E-state index is 13.0. The molecule has 24 heavy (non-hydrogen) atoms. The first-order valence-corrected chi connectivity index (χ1v) is 8.75. The van der Waals surface area contributed by atoms with E-state index in [4.69, 9.17) is 0 Å². The van der Waals surface area contributed by atoms with E-state index in [0.717, 1.165) is 0 Å². The van der Waals surface area contributed by atoms with Gasteiger partial charge in [-0.15, -0.1) is 0 Å². The molecule has 0 bridgehead atoms. The number of amides is 1. The van der Waals surface area contributed by atoms with Gasteiger partial charge in [-0.25, -0.2) is 17.5 Å². The van der Waals surface area contributed by atoms with Gasteiger partial charge < -0.3 is 4.90 Å². The molecule has 1 amide bonds. The molecule has 2 aromatic rings. The van der Waals surface area contributed by atoms with Crippen LogP contribution < -0.4 is 9.62 Å². The van der Waals surface area contributed by atoms with Gasteiger partial charge in [-0.2, -0.15) is 5.10 Å². The van der Waals surface area contributed by atoms with Crippen molar-refractivity contribution in [2.45, 2.75) is 25.7 Å². The fourth-order valence-corrected chi connectivity index (χ4v) is 3.78. The minimum Gasteiger partial charge on any atom is -0.311 e. The molecule has 2 N–H and O–H groups in total. The van der Waals surface area contributed by atoms with E-state index in [1.165, 1.54) is 36.1 Å². The van der Waals surface area contributed by atoms with Crippen LogP contribution in [0.5, 0.6) is 0 Å². The Balaban J connectivity index is 2.08. The zero-order chi connectivity index (χ0) is 17.9. The number of carbonyl (C=O) groups excluding carboxylic acids is 1. The molecular weight excluding hydrogens is 335 g/mol. The Bertz CT molecular complexity index is 811. The summed E-state index contributed by atoms with van der Waals surface area (Å²) in [5, 5.41) is 6.49. The number of aryl methyl sites for hydroxylation is 2. The first kappa shape index (κ1) is 18.1. The van der Waals surface area contributed by atoms with Crippen LogP contribution in [-0.2, 0) is 14.8 Å². The van der Waals surface area contributed by atoms with Crippen LogP contribution in [0.25, 0.3) is 0 Å². The Hall–Kier alpha value is -2.26. The van der Waals surface area contributed by atoms with Crippen LogP contribution in [-0.4, -0.2) is 37.6 Å². The molecule has 1 aromatic carbocycles. The maximum absolute atomic E-state index is 13.0. The first-order chi connectivity index (χ1) is 11.2. The second kappa shape index (κ2) is 7.10. The average molecular weight is 354 g/mol. The third kappa shape index (κ3) is 3.98. The number of aromatic amines is 1. The zero-order valence-corrected chi connectivity index (χ0v) is 14.4. The molecule has 1 heterocycles. The number of anilines is 1. The third-order valence-electron chi connectivity index (χ3n) is 3.48. The van der Waals surface area contributed by atoms with E-state index in [1.807, 2.05) is 0 Å². The van der Waals surface area contributed by atoms with Crippen molar-refractivity contribution in [2.24, 2.45) is 0 Å². The molecule has 0 aliphatic heterocycles. The van der Waals surface area contributed by atoms with Gasteiger partial charge in [0.15, 0.2) is 0 Å². The summed E-state index contributed by atoms with van der Waals surface area (Å²) in [4.78, 5) is 13.2. The molecule has 0 radical (unpaired) electrons. The molecule has 0 fully saturated rings. The van der Waals surface area contributed by atoms with E-state index >= 15 is 0 Å². The van der Waals surface area contributed by atoms with Crippen molar-refractivity contribution in [3.05, 3.63) is 41.5 Å². The van der Waals surface area contributed by atoms with E-state index < -0.39 is 15.8 Å². The molecule has 0 aliphatic carbocycles. The topological polar surface area (TPSA) is 95.2 Å².